The predicted octanol–water partition coefficient (Wildman–Crippen LogP) is 1.16. The van der Waals surface area contributed by atoms with Gasteiger partial charge in [-0.05, 0) is 19.3 Å². The fraction of sp³-hybridized carbons (Fsp3) is 0.857. The van der Waals surface area contributed by atoms with Crippen molar-refractivity contribution >= 4 is 5.96 Å². The lowest BCUT2D eigenvalue weighted by molar-refractivity contribution is -0.0261. The average Bonchev–Trinajstić information content (AvgIpc) is 3.18. The van der Waals surface area contributed by atoms with Crippen LogP contribution < -0.4 is 10.6 Å². The Hall–Kier alpha value is -1.71. The van der Waals surface area contributed by atoms with Crippen LogP contribution in [0, 0.1) is 5.92 Å². The molecule has 0 aromatic carbocycles. The van der Waals surface area contributed by atoms with Crippen LogP contribution in [-0.2, 0) is 22.4 Å². The molecule has 9 nitrogen and oxygen atoms in total. The van der Waals surface area contributed by atoms with Crippen molar-refractivity contribution in [3.63, 3.8) is 0 Å². The Morgan fingerprint density at radius 1 is 1.33 bits per heavy atom. The van der Waals surface area contributed by atoms with Gasteiger partial charge in [-0.1, -0.05) is 20.8 Å². The Balaban J connectivity index is 1.84. The summed E-state index contributed by atoms with van der Waals surface area (Å²) in [6.07, 6.45) is 3.75. The van der Waals surface area contributed by atoms with Crippen molar-refractivity contribution in [2.75, 3.05) is 59.1 Å². The fourth-order valence-corrected chi connectivity index (χ4v) is 3.50. The molecule has 0 bridgehead atoms. The summed E-state index contributed by atoms with van der Waals surface area (Å²) in [6.45, 7) is 17.0. The SMILES string of the molecule is CCOCCCNC(=NCC1CN(CC(C)C)CCO1)NCCn1cnnc1CC. The highest BCUT2D eigenvalue weighted by molar-refractivity contribution is 5.79. The van der Waals surface area contributed by atoms with Gasteiger partial charge >= 0.3 is 0 Å². The summed E-state index contributed by atoms with van der Waals surface area (Å²) in [7, 11) is 0. The lowest BCUT2D eigenvalue weighted by Gasteiger charge is -2.33. The molecule has 0 amide bonds. The van der Waals surface area contributed by atoms with Gasteiger partial charge in [-0.2, -0.15) is 0 Å². The Labute approximate surface area is 181 Å². The molecule has 2 N–H and O–H groups in total. The molecule has 30 heavy (non-hydrogen) atoms. The van der Waals surface area contributed by atoms with E-state index in [0.29, 0.717) is 12.5 Å². The summed E-state index contributed by atoms with van der Waals surface area (Å²) in [5.41, 5.74) is 0. The average molecular weight is 424 g/mol. The van der Waals surface area contributed by atoms with Crippen molar-refractivity contribution in [2.24, 2.45) is 10.9 Å². The molecule has 1 aliphatic rings. The smallest absolute Gasteiger partial charge is 0.191 e. The van der Waals surface area contributed by atoms with Crippen LogP contribution in [0.15, 0.2) is 11.3 Å². The third kappa shape index (κ3) is 9.40. The minimum atomic E-state index is 0.143. The highest BCUT2D eigenvalue weighted by atomic mass is 16.5. The summed E-state index contributed by atoms with van der Waals surface area (Å²) in [6, 6.07) is 0. The molecule has 2 rings (SSSR count). The first-order chi connectivity index (χ1) is 14.6. The standard InChI is InChI=1S/C21H41N7O2/c1-5-20-26-25-17-28(20)10-9-23-21(22-8-7-12-29-6-2)24-14-19-16-27(11-13-30-19)15-18(3)4/h17-19H,5-16H2,1-4H3,(H2,22,23,24). The lowest BCUT2D eigenvalue weighted by Crippen LogP contribution is -2.46. The van der Waals surface area contributed by atoms with Crippen molar-refractivity contribution < 1.29 is 9.47 Å². The molecule has 2 heterocycles. The number of ether oxygens (including phenoxy) is 2. The summed E-state index contributed by atoms with van der Waals surface area (Å²) in [5, 5.41) is 15.0. The topological polar surface area (TPSA) is 88.8 Å². The van der Waals surface area contributed by atoms with Gasteiger partial charge in [0.15, 0.2) is 5.96 Å². The van der Waals surface area contributed by atoms with Gasteiger partial charge in [0.25, 0.3) is 0 Å². The number of rotatable bonds is 13. The molecule has 172 valence electrons. The second kappa shape index (κ2) is 14.3. The van der Waals surface area contributed by atoms with E-state index in [1.165, 1.54) is 0 Å². The number of aromatic nitrogens is 3. The molecule has 0 saturated carbocycles. The molecule has 1 aromatic heterocycles. The van der Waals surface area contributed by atoms with Crippen LogP contribution in [0.2, 0.25) is 0 Å². The zero-order valence-electron chi connectivity index (χ0n) is 19.3. The van der Waals surface area contributed by atoms with E-state index in [1.54, 1.807) is 6.33 Å². The number of aryl methyl sites for hydroxylation is 1. The van der Waals surface area contributed by atoms with E-state index in [4.69, 9.17) is 14.5 Å². The number of hydrogen-bond donors (Lipinski definition) is 2. The third-order valence-corrected chi connectivity index (χ3v) is 4.92. The second-order valence-electron chi connectivity index (χ2n) is 8.03. The molecule has 1 aliphatic heterocycles. The largest absolute Gasteiger partial charge is 0.382 e. The van der Waals surface area contributed by atoms with Crippen molar-refractivity contribution in [3.05, 3.63) is 12.2 Å². The van der Waals surface area contributed by atoms with Gasteiger partial charge in [0.2, 0.25) is 0 Å². The number of aliphatic imine (C=N–C) groups is 1. The monoisotopic (exact) mass is 423 g/mol. The zero-order valence-corrected chi connectivity index (χ0v) is 19.3. The second-order valence-corrected chi connectivity index (χ2v) is 8.03. The van der Waals surface area contributed by atoms with Crippen molar-refractivity contribution in [1.29, 1.82) is 0 Å². The summed E-state index contributed by atoms with van der Waals surface area (Å²) in [4.78, 5) is 7.28. The normalized spacial score (nSPS) is 18.2. The molecule has 1 atom stereocenters. The van der Waals surface area contributed by atoms with Gasteiger partial charge in [-0.3, -0.25) is 9.89 Å². The predicted molar refractivity (Wildman–Crippen MR) is 120 cm³/mol. The molecule has 9 heteroatoms. The van der Waals surface area contributed by atoms with Gasteiger partial charge < -0.3 is 24.7 Å². The van der Waals surface area contributed by atoms with Gasteiger partial charge in [0.1, 0.15) is 12.2 Å². The van der Waals surface area contributed by atoms with E-state index < -0.39 is 0 Å². The zero-order chi connectivity index (χ0) is 21.6. The minimum Gasteiger partial charge on any atom is -0.382 e. The maximum absolute atomic E-state index is 5.95. The molecule has 1 unspecified atom stereocenters. The molecule has 0 radical (unpaired) electrons. The van der Waals surface area contributed by atoms with Gasteiger partial charge in [0, 0.05) is 58.9 Å². The van der Waals surface area contributed by atoms with Crippen LogP contribution in [0.4, 0.5) is 0 Å². The highest BCUT2D eigenvalue weighted by Crippen LogP contribution is 2.08. The minimum absolute atomic E-state index is 0.143. The number of guanidine groups is 1. The summed E-state index contributed by atoms with van der Waals surface area (Å²) < 4.78 is 13.5. The Morgan fingerprint density at radius 2 is 2.17 bits per heavy atom. The number of hydrogen-bond acceptors (Lipinski definition) is 6. The Morgan fingerprint density at radius 3 is 2.93 bits per heavy atom. The van der Waals surface area contributed by atoms with Gasteiger partial charge in [-0.15, -0.1) is 10.2 Å². The number of nitrogens with zero attached hydrogens (tertiary/aromatic N) is 5. The lowest BCUT2D eigenvalue weighted by atomic mass is 10.2. The first-order valence-electron chi connectivity index (χ1n) is 11.4. The molecular formula is C21H41N7O2. The van der Waals surface area contributed by atoms with E-state index >= 15 is 0 Å². The van der Waals surface area contributed by atoms with Gasteiger partial charge in [0.05, 0.1) is 19.3 Å². The molecule has 1 saturated heterocycles. The van der Waals surface area contributed by atoms with Crippen LogP contribution in [0.3, 0.4) is 0 Å². The first kappa shape index (κ1) is 24.6. The molecular weight excluding hydrogens is 382 g/mol. The van der Waals surface area contributed by atoms with Crippen LogP contribution >= 0.6 is 0 Å². The first-order valence-corrected chi connectivity index (χ1v) is 11.4. The summed E-state index contributed by atoms with van der Waals surface area (Å²) in [5.74, 6) is 2.49. The van der Waals surface area contributed by atoms with Crippen molar-refractivity contribution in [2.45, 2.75) is 53.2 Å². The van der Waals surface area contributed by atoms with E-state index in [0.717, 1.165) is 83.7 Å². The van der Waals surface area contributed by atoms with E-state index in [1.807, 2.05) is 6.92 Å². The summed E-state index contributed by atoms with van der Waals surface area (Å²) >= 11 is 0. The third-order valence-electron chi connectivity index (χ3n) is 4.92. The Kier molecular flexibility index (Phi) is 11.7. The van der Waals surface area contributed by atoms with Gasteiger partial charge in [-0.25, -0.2) is 0 Å². The fourth-order valence-electron chi connectivity index (χ4n) is 3.50. The van der Waals surface area contributed by atoms with Crippen LogP contribution in [-0.4, -0.2) is 90.8 Å². The highest BCUT2D eigenvalue weighted by Gasteiger charge is 2.20. The van der Waals surface area contributed by atoms with Crippen molar-refractivity contribution in [1.82, 2.24) is 30.3 Å². The van der Waals surface area contributed by atoms with Crippen LogP contribution in [0.25, 0.3) is 0 Å². The van der Waals surface area contributed by atoms with E-state index in [9.17, 15) is 0 Å². The Bertz CT molecular complexity index is 606. The van der Waals surface area contributed by atoms with Crippen molar-refractivity contribution in [3.8, 4) is 0 Å². The number of nitrogens with one attached hydrogen (secondary N) is 2. The van der Waals surface area contributed by atoms with Crippen LogP contribution in [0.5, 0.6) is 0 Å². The molecule has 1 aromatic rings. The molecule has 0 spiro atoms. The van der Waals surface area contributed by atoms with E-state index in [2.05, 4.69) is 51.1 Å². The van der Waals surface area contributed by atoms with E-state index in [-0.39, 0.29) is 6.10 Å². The van der Waals surface area contributed by atoms with Crippen LogP contribution in [0.1, 0.15) is 39.9 Å². The number of morpholine rings is 1. The molecule has 0 aliphatic carbocycles. The molecule has 1 fully saturated rings. The maximum atomic E-state index is 5.95. The maximum Gasteiger partial charge on any atom is 0.191 e. The quantitative estimate of drug-likeness (QED) is 0.280.